The van der Waals surface area contributed by atoms with E-state index in [-0.39, 0.29) is 11.5 Å². The third kappa shape index (κ3) is 3.77. The fourth-order valence-electron chi connectivity index (χ4n) is 5.80. The fraction of sp³-hybridized carbons (Fsp3) is 0.355. The number of para-hydroxylation sites is 3. The molecule has 0 fully saturated rings. The molecule has 0 N–H and O–H groups in total. The van der Waals surface area contributed by atoms with Crippen LogP contribution in [0.5, 0.6) is 5.75 Å². The van der Waals surface area contributed by atoms with Crippen LogP contribution in [0.1, 0.15) is 50.3 Å². The van der Waals surface area contributed by atoms with Gasteiger partial charge in [0.05, 0.1) is 11.7 Å². The van der Waals surface area contributed by atoms with Gasteiger partial charge in [-0.15, -0.1) is 0 Å². The Balaban J connectivity index is 1.63. The van der Waals surface area contributed by atoms with Gasteiger partial charge < -0.3 is 14.5 Å². The van der Waals surface area contributed by atoms with Crippen LogP contribution >= 0.6 is 0 Å². The van der Waals surface area contributed by atoms with Crippen molar-refractivity contribution in [3.63, 3.8) is 0 Å². The maximum Gasteiger partial charge on any atom is 0.198 e. The zero-order valence-electron chi connectivity index (χ0n) is 20.9. The Morgan fingerprint density at radius 2 is 1.53 bits per heavy atom. The molecule has 3 aromatic carbocycles. The number of anilines is 2. The van der Waals surface area contributed by atoms with Crippen LogP contribution in [0, 0.1) is 6.92 Å². The van der Waals surface area contributed by atoms with E-state index >= 15 is 0 Å². The molecule has 2 unspecified atom stereocenters. The van der Waals surface area contributed by atoms with Crippen LogP contribution in [0.2, 0.25) is 0 Å². The lowest BCUT2D eigenvalue weighted by atomic mass is 9.73. The van der Waals surface area contributed by atoms with Gasteiger partial charge in [-0.05, 0) is 67.2 Å². The summed E-state index contributed by atoms with van der Waals surface area (Å²) in [7, 11) is 0. The number of hydrogen-bond donors (Lipinski definition) is 0. The summed E-state index contributed by atoms with van der Waals surface area (Å²) in [6.07, 6.45) is 5.57. The van der Waals surface area contributed by atoms with E-state index < -0.39 is 0 Å². The molecule has 0 saturated heterocycles. The Bertz CT molecular complexity index is 1200. The molecule has 2 heterocycles. The molecule has 0 saturated carbocycles. The molecular formula is C31H36N2O. The molecule has 5 rings (SSSR count). The van der Waals surface area contributed by atoms with Gasteiger partial charge in [0, 0.05) is 24.2 Å². The summed E-state index contributed by atoms with van der Waals surface area (Å²) in [5, 5.41) is 0. The molecule has 2 aliphatic heterocycles. The summed E-state index contributed by atoms with van der Waals surface area (Å²) in [6, 6.07) is 26.5. The highest BCUT2D eigenvalue weighted by Gasteiger charge is 2.47. The first-order valence-corrected chi connectivity index (χ1v) is 12.7. The number of hydrogen-bond acceptors (Lipinski definition) is 3. The van der Waals surface area contributed by atoms with E-state index in [1.807, 2.05) is 0 Å². The summed E-state index contributed by atoms with van der Waals surface area (Å²) < 4.78 is 6.49. The Kier molecular flexibility index (Phi) is 6.12. The Morgan fingerprint density at radius 3 is 2.29 bits per heavy atom. The van der Waals surface area contributed by atoms with Crippen LogP contribution < -0.4 is 14.5 Å². The number of benzene rings is 3. The van der Waals surface area contributed by atoms with Gasteiger partial charge in [-0.2, -0.15) is 0 Å². The smallest absolute Gasteiger partial charge is 0.198 e. The summed E-state index contributed by atoms with van der Waals surface area (Å²) in [6.45, 7) is 11.2. The van der Waals surface area contributed by atoms with Crippen LogP contribution in [-0.4, -0.2) is 19.1 Å². The Hall–Kier alpha value is -3.20. The van der Waals surface area contributed by atoms with Gasteiger partial charge in [-0.25, -0.2) is 0 Å². The third-order valence-corrected chi connectivity index (χ3v) is 7.49. The summed E-state index contributed by atoms with van der Waals surface area (Å²) in [5.74, 6) is 1.93. The van der Waals surface area contributed by atoms with Crippen molar-refractivity contribution in [2.24, 2.45) is 0 Å². The topological polar surface area (TPSA) is 15.7 Å². The van der Waals surface area contributed by atoms with Gasteiger partial charge in [-0.3, -0.25) is 0 Å². The molecule has 0 amide bonds. The normalized spacial score (nSPS) is 22.1. The predicted molar refractivity (Wildman–Crippen MR) is 143 cm³/mol. The highest BCUT2D eigenvalue weighted by Crippen LogP contribution is 2.49. The summed E-state index contributed by atoms with van der Waals surface area (Å²) >= 11 is 0. The lowest BCUT2D eigenvalue weighted by Gasteiger charge is -2.36. The average Bonchev–Trinajstić information content (AvgIpc) is 3.30. The maximum atomic E-state index is 6.49. The van der Waals surface area contributed by atoms with Gasteiger partial charge >= 0.3 is 0 Å². The van der Waals surface area contributed by atoms with Crippen LogP contribution in [0.3, 0.4) is 0 Å². The van der Waals surface area contributed by atoms with E-state index in [0.29, 0.717) is 0 Å². The number of aryl methyl sites for hydroxylation is 1. The van der Waals surface area contributed by atoms with E-state index in [0.717, 1.165) is 44.0 Å². The largest absolute Gasteiger partial charge is 0.439 e. The van der Waals surface area contributed by atoms with Crippen LogP contribution in [0.4, 0.5) is 11.4 Å². The van der Waals surface area contributed by atoms with Crippen molar-refractivity contribution in [3.8, 4) is 5.75 Å². The minimum atomic E-state index is -0.0686. The molecular weight excluding hydrogens is 416 g/mol. The molecule has 2 atom stereocenters. The summed E-state index contributed by atoms with van der Waals surface area (Å²) in [5.41, 5.74) is 6.68. The van der Waals surface area contributed by atoms with E-state index in [2.05, 4.69) is 116 Å². The van der Waals surface area contributed by atoms with Gasteiger partial charge in [0.2, 0.25) is 0 Å². The van der Waals surface area contributed by atoms with Crippen molar-refractivity contribution in [2.45, 2.75) is 58.4 Å². The predicted octanol–water partition coefficient (Wildman–Crippen LogP) is 7.24. The Labute approximate surface area is 204 Å². The first kappa shape index (κ1) is 22.6. The van der Waals surface area contributed by atoms with Gasteiger partial charge in [0.1, 0.15) is 0 Å². The fourth-order valence-corrected chi connectivity index (χ4v) is 5.80. The van der Waals surface area contributed by atoms with Gasteiger partial charge in [0.15, 0.2) is 11.6 Å². The molecule has 0 aromatic heterocycles. The lowest BCUT2D eigenvalue weighted by molar-refractivity contribution is 0.397. The SMILES string of the molecule is CCCN1/C(=C/C2N(CCC)c3ccccc3C2(C)Cc2ccccc2C)Oc2ccccc21. The van der Waals surface area contributed by atoms with Crippen molar-refractivity contribution in [3.05, 3.63) is 101 Å². The second kappa shape index (κ2) is 9.21. The molecule has 176 valence electrons. The summed E-state index contributed by atoms with van der Waals surface area (Å²) in [4.78, 5) is 4.97. The number of nitrogens with zero attached hydrogens (tertiary/aromatic N) is 2. The van der Waals surface area contributed by atoms with Gasteiger partial charge in [-0.1, -0.05) is 75.4 Å². The van der Waals surface area contributed by atoms with E-state index in [4.69, 9.17) is 4.74 Å². The highest BCUT2D eigenvalue weighted by atomic mass is 16.5. The number of rotatable bonds is 7. The average molecular weight is 453 g/mol. The lowest BCUT2D eigenvalue weighted by Crippen LogP contribution is -2.44. The quantitative estimate of drug-likeness (QED) is 0.376. The minimum Gasteiger partial charge on any atom is -0.439 e. The monoisotopic (exact) mass is 452 g/mol. The first-order valence-electron chi connectivity index (χ1n) is 12.7. The third-order valence-electron chi connectivity index (χ3n) is 7.49. The van der Waals surface area contributed by atoms with Crippen molar-refractivity contribution >= 4 is 11.4 Å². The molecule has 3 aromatic rings. The molecule has 2 aliphatic rings. The second-order valence-corrected chi connectivity index (χ2v) is 9.90. The minimum absolute atomic E-state index is 0.0686. The molecule has 3 heteroatoms. The van der Waals surface area contributed by atoms with Crippen molar-refractivity contribution < 1.29 is 4.74 Å². The zero-order valence-corrected chi connectivity index (χ0v) is 20.9. The molecule has 0 spiro atoms. The van der Waals surface area contributed by atoms with Crippen molar-refractivity contribution in [1.82, 2.24) is 0 Å². The maximum absolute atomic E-state index is 6.49. The number of fused-ring (bicyclic) bond motifs is 2. The number of ether oxygens (including phenoxy) is 1. The van der Waals surface area contributed by atoms with E-state index in [1.165, 1.54) is 28.1 Å². The van der Waals surface area contributed by atoms with Crippen LogP contribution in [0.25, 0.3) is 0 Å². The highest BCUT2D eigenvalue weighted by molar-refractivity contribution is 5.69. The van der Waals surface area contributed by atoms with Crippen LogP contribution in [0.15, 0.2) is 84.8 Å². The van der Waals surface area contributed by atoms with Gasteiger partial charge in [0.25, 0.3) is 0 Å². The Morgan fingerprint density at radius 1 is 0.853 bits per heavy atom. The molecule has 0 bridgehead atoms. The first-order chi connectivity index (χ1) is 16.6. The zero-order chi connectivity index (χ0) is 23.7. The van der Waals surface area contributed by atoms with Crippen LogP contribution in [-0.2, 0) is 11.8 Å². The molecule has 0 radical (unpaired) electrons. The van der Waals surface area contributed by atoms with E-state index in [9.17, 15) is 0 Å². The second-order valence-electron chi connectivity index (χ2n) is 9.90. The standard InChI is InChI=1S/C31H36N2O/c1-5-19-32-26-16-10-9-15-25(26)31(4,22-24-14-8-7-13-23(24)3)29(32)21-30-33(20-6-2)27-17-11-12-18-28(27)34-30/h7-18,21,29H,5-6,19-20,22H2,1-4H3/b30-21-. The van der Waals surface area contributed by atoms with Crippen molar-refractivity contribution in [1.29, 1.82) is 0 Å². The van der Waals surface area contributed by atoms with Crippen molar-refractivity contribution in [2.75, 3.05) is 22.9 Å². The molecule has 3 nitrogen and oxygen atoms in total. The molecule has 34 heavy (non-hydrogen) atoms. The van der Waals surface area contributed by atoms with E-state index in [1.54, 1.807) is 0 Å². The molecule has 0 aliphatic carbocycles.